The van der Waals surface area contributed by atoms with Crippen molar-refractivity contribution in [2.75, 3.05) is 0 Å². The van der Waals surface area contributed by atoms with E-state index < -0.39 is 46.7 Å². The monoisotopic (exact) mass is 266 g/mol. The number of ether oxygens (including phenoxy) is 1. The molecule has 0 fully saturated rings. The fourth-order valence-electron chi connectivity index (χ4n) is 1.06. The second-order valence-corrected chi connectivity index (χ2v) is 3.29. The highest BCUT2D eigenvalue weighted by atomic mass is 19.2. The van der Waals surface area contributed by atoms with Crippen molar-refractivity contribution in [1.82, 2.24) is 0 Å². The molecule has 0 spiro atoms. The number of hydrogen-bond acceptors (Lipinski definition) is 2. The fourth-order valence-corrected chi connectivity index (χ4v) is 1.06. The lowest BCUT2D eigenvalue weighted by molar-refractivity contribution is 0.0410. The molecule has 0 heterocycles. The minimum atomic E-state index is -2.33. The lowest BCUT2D eigenvalue weighted by Gasteiger charge is -2.11. The topological polar surface area (TPSA) is 26.3 Å². The standard InChI is InChI=1S/C11H7F5O2/c1-3-4(2)18-11(17)5-6(12)8(14)10(16)9(15)7(5)13/h3-4H,1H2,2H3. The number of carbonyl (C=O) groups is 1. The molecular weight excluding hydrogens is 259 g/mol. The summed E-state index contributed by atoms with van der Waals surface area (Å²) in [7, 11) is 0. The van der Waals surface area contributed by atoms with Crippen LogP contribution in [0, 0.1) is 29.1 Å². The van der Waals surface area contributed by atoms with Crippen LogP contribution in [0.15, 0.2) is 12.7 Å². The zero-order valence-corrected chi connectivity index (χ0v) is 9.07. The minimum absolute atomic E-state index is 0.938. The molecule has 0 aliphatic rings. The van der Waals surface area contributed by atoms with Gasteiger partial charge in [-0.1, -0.05) is 12.7 Å². The predicted molar refractivity (Wildman–Crippen MR) is 51.3 cm³/mol. The maximum atomic E-state index is 13.2. The van der Waals surface area contributed by atoms with Gasteiger partial charge in [-0.15, -0.1) is 0 Å². The van der Waals surface area contributed by atoms with Crippen LogP contribution in [0.1, 0.15) is 17.3 Å². The summed E-state index contributed by atoms with van der Waals surface area (Å²) in [5.74, 6) is -12.9. The largest absolute Gasteiger partial charge is 0.455 e. The van der Waals surface area contributed by atoms with Gasteiger partial charge in [0.1, 0.15) is 11.7 Å². The first-order valence-corrected chi connectivity index (χ1v) is 4.66. The summed E-state index contributed by atoms with van der Waals surface area (Å²) in [6.45, 7) is 4.53. The molecule has 1 unspecified atom stereocenters. The molecule has 0 N–H and O–H groups in total. The highest BCUT2D eigenvalue weighted by Gasteiger charge is 2.31. The lowest BCUT2D eigenvalue weighted by Crippen LogP contribution is -2.18. The van der Waals surface area contributed by atoms with Crippen LogP contribution in [-0.2, 0) is 4.74 Å². The van der Waals surface area contributed by atoms with Crippen molar-refractivity contribution in [3.8, 4) is 0 Å². The third-order valence-electron chi connectivity index (χ3n) is 2.04. The van der Waals surface area contributed by atoms with Gasteiger partial charge in [-0.3, -0.25) is 0 Å². The second kappa shape index (κ2) is 5.16. The third-order valence-corrected chi connectivity index (χ3v) is 2.04. The van der Waals surface area contributed by atoms with Crippen molar-refractivity contribution in [2.45, 2.75) is 13.0 Å². The van der Waals surface area contributed by atoms with Crippen LogP contribution in [0.2, 0.25) is 0 Å². The molecule has 0 amide bonds. The van der Waals surface area contributed by atoms with Gasteiger partial charge in [-0.25, -0.2) is 26.7 Å². The summed E-state index contributed by atoms with van der Waals surface area (Å²) in [5, 5.41) is 0. The fraction of sp³-hybridized carbons (Fsp3) is 0.182. The Morgan fingerprint density at radius 3 is 1.83 bits per heavy atom. The molecule has 0 radical (unpaired) electrons. The molecule has 0 saturated carbocycles. The number of hydrogen-bond donors (Lipinski definition) is 0. The molecular formula is C11H7F5O2. The van der Waals surface area contributed by atoms with Gasteiger partial charge >= 0.3 is 5.97 Å². The van der Waals surface area contributed by atoms with Crippen molar-refractivity contribution in [1.29, 1.82) is 0 Å². The summed E-state index contributed by atoms with van der Waals surface area (Å²) in [5.41, 5.74) is -1.62. The molecule has 2 nitrogen and oxygen atoms in total. The molecule has 18 heavy (non-hydrogen) atoms. The molecule has 0 bridgehead atoms. The molecule has 1 aromatic rings. The van der Waals surface area contributed by atoms with Crippen molar-refractivity contribution < 1.29 is 31.5 Å². The summed E-state index contributed by atoms with van der Waals surface area (Å²) >= 11 is 0. The molecule has 1 atom stereocenters. The van der Waals surface area contributed by atoms with E-state index >= 15 is 0 Å². The Balaban J connectivity index is 3.33. The van der Waals surface area contributed by atoms with Crippen LogP contribution in [0.5, 0.6) is 0 Å². The summed E-state index contributed by atoms with van der Waals surface area (Å²) in [6, 6.07) is 0. The first-order valence-electron chi connectivity index (χ1n) is 4.66. The van der Waals surface area contributed by atoms with E-state index in [-0.39, 0.29) is 0 Å². The highest BCUT2D eigenvalue weighted by molar-refractivity contribution is 5.90. The van der Waals surface area contributed by atoms with Crippen molar-refractivity contribution in [3.05, 3.63) is 47.3 Å². The third kappa shape index (κ3) is 2.34. The quantitative estimate of drug-likeness (QED) is 0.276. The van der Waals surface area contributed by atoms with Crippen molar-refractivity contribution in [2.24, 2.45) is 0 Å². The SMILES string of the molecule is C=CC(C)OC(=O)c1c(F)c(F)c(F)c(F)c1F. The normalized spacial score (nSPS) is 12.1. The molecule has 0 saturated heterocycles. The first-order chi connectivity index (χ1) is 8.31. The number of esters is 1. The average Bonchev–Trinajstić information content (AvgIpc) is 2.34. The zero-order chi connectivity index (χ0) is 14.0. The Kier molecular flexibility index (Phi) is 4.05. The number of halogens is 5. The first kappa shape index (κ1) is 14.1. The molecule has 7 heteroatoms. The van der Waals surface area contributed by atoms with E-state index in [1.165, 1.54) is 6.92 Å². The van der Waals surface area contributed by atoms with Crippen LogP contribution in [0.3, 0.4) is 0 Å². The molecule has 0 aliphatic heterocycles. The highest BCUT2D eigenvalue weighted by Crippen LogP contribution is 2.23. The van der Waals surface area contributed by atoms with Crippen LogP contribution in [0.25, 0.3) is 0 Å². The molecule has 0 aliphatic carbocycles. The van der Waals surface area contributed by atoms with E-state index in [1.54, 1.807) is 0 Å². The summed E-state index contributed by atoms with van der Waals surface area (Å²) in [4.78, 5) is 11.3. The number of benzene rings is 1. The molecule has 0 aromatic heterocycles. The van der Waals surface area contributed by atoms with Gasteiger partial charge in [0.05, 0.1) is 0 Å². The second-order valence-electron chi connectivity index (χ2n) is 3.29. The van der Waals surface area contributed by atoms with E-state index in [9.17, 15) is 26.7 Å². The smallest absolute Gasteiger partial charge is 0.344 e. The van der Waals surface area contributed by atoms with E-state index in [1.807, 2.05) is 0 Å². The predicted octanol–water partition coefficient (Wildman–Crippen LogP) is 3.11. The van der Waals surface area contributed by atoms with Crippen LogP contribution < -0.4 is 0 Å². The van der Waals surface area contributed by atoms with Crippen LogP contribution in [-0.4, -0.2) is 12.1 Å². The zero-order valence-electron chi connectivity index (χ0n) is 9.07. The number of rotatable bonds is 3. The molecule has 98 valence electrons. The van der Waals surface area contributed by atoms with E-state index in [0.29, 0.717) is 0 Å². The van der Waals surface area contributed by atoms with E-state index in [0.717, 1.165) is 6.08 Å². The van der Waals surface area contributed by atoms with Gasteiger partial charge in [-0.05, 0) is 6.92 Å². The average molecular weight is 266 g/mol. The van der Waals surface area contributed by atoms with Gasteiger partial charge < -0.3 is 4.74 Å². The van der Waals surface area contributed by atoms with Gasteiger partial charge in [-0.2, -0.15) is 0 Å². The Labute approximate surface area is 98.7 Å². The maximum Gasteiger partial charge on any atom is 0.344 e. The maximum absolute atomic E-state index is 13.2. The van der Waals surface area contributed by atoms with E-state index in [4.69, 9.17) is 0 Å². The van der Waals surface area contributed by atoms with Crippen LogP contribution in [0.4, 0.5) is 22.0 Å². The van der Waals surface area contributed by atoms with Crippen molar-refractivity contribution in [3.63, 3.8) is 0 Å². The Bertz CT molecular complexity index is 484. The van der Waals surface area contributed by atoms with E-state index in [2.05, 4.69) is 11.3 Å². The lowest BCUT2D eigenvalue weighted by atomic mass is 10.1. The Morgan fingerprint density at radius 2 is 1.44 bits per heavy atom. The Morgan fingerprint density at radius 1 is 1.06 bits per heavy atom. The number of carbonyl (C=O) groups excluding carboxylic acids is 1. The summed E-state index contributed by atoms with van der Waals surface area (Å²) in [6.07, 6.45) is 0.178. The Hall–Kier alpha value is -1.92. The van der Waals surface area contributed by atoms with Crippen molar-refractivity contribution >= 4 is 5.97 Å². The molecule has 1 rings (SSSR count). The van der Waals surface area contributed by atoms with Gasteiger partial charge in [0.15, 0.2) is 23.3 Å². The summed E-state index contributed by atoms with van der Waals surface area (Å²) < 4.78 is 69.0. The van der Waals surface area contributed by atoms with Gasteiger partial charge in [0.2, 0.25) is 5.82 Å². The minimum Gasteiger partial charge on any atom is -0.455 e. The van der Waals surface area contributed by atoms with Gasteiger partial charge in [0.25, 0.3) is 0 Å². The molecule has 1 aromatic carbocycles. The van der Waals surface area contributed by atoms with Gasteiger partial charge in [0, 0.05) is 0 Å². The van der Waals surface area contributed by atoms with Crippen LogP contribution >= 0.6 is 0 Å².